The van der Waals surface area contributed by atoms with Crippen LogP contribution in [0.15, 0.2) is 121 Å². The highest BCUT2D eigenvalue weighted by Crippen LogP contribution is 2.58. The summed E-state index contributed by atoms with van der Waals surface area (Å²) in [5, 5.41) is 1.36. The molecule has 0 N–H and O–H groups in total. The Labute approximate surface area is 495 Å². The van der Waals surface area contributed by atoms with Gasteiger partial charge in [-0.3, -0.25) is 0 Å². The fourth-order valence-corrected chi connectivity index (χ4v) is 16.9. The summed E-state index contributed by atoms with van der Waals surface area (Å²) in [6.45, 7) is 43.8. The number of anilines is 9. The van der Waals surface area contributed by atoms with Crippen LogP contribution in [0.5, 0.6) is 11.5 Å². The number of para-hydroxylation sites is 2. The Bertz CT molecular complexity index is 4020. The van der Waals surface area contributed by atoms with Crippen molar-refractivity contribution in [2.75, 3.05) is 14.7 Å². The predicted molar refractivity (Wildman–Crippen MR) is 354 cm³/mol. The zero-order chi connectivity index (χ0) is 58.0. The minimum Gasteiger partial charge on any atom is -0.453 e. The lowest BCUT2D eigenvalue weighted by molar-refractivity contribution is 0.332. The molecule has 6 aliphatic rings. The minimum absolute atomic E-state index is 0.00211. The van der Waals surface area contributed by atoms with E-state index in [-0.39, 0.29) is 50.0 Å². The van der Waals surface area contributed by atoms with E-state index in [1.54, 1.807) is 0 Å². The minimum atomic E-state index is -0.0605. The molecule has 0 unspecified atom stereocenters. The summed E-state index contributed by atoms with van der Waals surface area (Å²) in [6, 6.07) is 48.7. The number of fused-ring (bicyclic) bond motifs is 11. The van der Waals surface area contributed by atoms with E-state index in [2.05, 4.69) is 272 Å². The number of nitrogens with zero attached hydrogens (tertiary/aromatic N) is 3. The predicted octanol–water partition coefficient (Wildman–Crippen LogP) is 20.2. The molecule has 0 atom stereocenters. The van der Waals surface area contributed by atoms with Gasteiger partial charge in [0.15, 0.2) is 11.5 Å². The molecule has 0 bridgehead atoms. The van der Waals surface area contributed by atoms with E-state index < -0.39 is 0 Å². The van der Waals surface area contributed by atoms with E-state index in [4.69, 9.17) is 4.74 Å². The largest absolute Gasteiger partial charge is 0.453 e. The molecule has 3 aliphatic carbocycles. The second-order valence-electron chi connectivity index (χ2n) is 31.8. The Balaban J connectivity index is 1.15. The maximum atomic E-state index is 7.01. The van der Waals surface area contributed by atoms with Crippen molar-refractivity contribution in [3.8, 4) is 11.5 Å². The Morgan fingerprint density at radius 3 is 1.50 bits per heavy atom. The van der Waals surface area contributed by atoms with Gasteiger partial charge in [-0.25, -0.2) is 0 Å². The molecule has 0 saturated carbocycles. The molecule has 420 valence electrons. The first-order valence-electron chi connectivity index (χ1n) is 30.9. The van der Waals surface area contributed by atoms with Crippen LogP contribution in [-0.2, 0) is 43.3 Å². The van der Waals surface area contributed by atoms with Gasteiger partial charge in [-0.15, -0.1) is 11.3 Å². The topological polar surface area (TPSA) is 19.0 Å². The molecular weight excluding hydrogens is 1010 g/mol. The SMILES string of the molecule is CC(C)(C)c1ccc(N2c3cc(N4c5ccccc5Oc5cc(C(C)(C)C)ccc54)cc4c3B(c3cc5c(cc3N4c3ccc4c(c3)C(C)(C)CCC4(C)C)C(C)(C)CCC5(C)C)c3sc4cc5c(cc4c32)C(C)(C)CCC5(C)C)cc1. The highest BCUT2D eigenvalue weighted by atomic mass is 32.1. The number of thiophene rings is 1. The quantitative estimate of drug-likeness (QED) is 0.164. The summed E-state index contributed by atoms with van der Waals surface area (Å²) in [4.78, 5) is 7.97. The van der Waals surface area contributed by atoms with Gasteiger partial charge in [0, 0.05) is 43.3 Å². The molecular formula is C76H86BN3OS. The van der Waals surface area contributed by atoms with Gasteiger partial charge in [0.05, 0.1) is 22.7 Å². The monoisotopic (exact) mass is 1100 g/mol. The van der Waals surface area contributed by atoms with Crippen LogP contribution in [0.1, 0.15) is 208 Å². The molecule has 14 rings (SSSR count). The lowest BCUT2D eigenvalue weighted by atomic mass is 9.35. The summed E-state index contributed by atoms with van der Waals surface area (Å²) in [7, 11) is 0. The maximum Gasteiger partial charge on any atom is 0.264 e. The molecule has 0 amide bonds. The third-order valence-electron chi connectivity index (χ3n) is 21.3. The highest BCUT2D eigenvalue weighted by Gasteiger charge is 2.50. The number of benzene rings is 7. The van der Waals surface area contributed by atoms with Gasteiger partial charge in [-0.05, 0) is 216 Å². The molecule has 4 nitrogen and oxygen atoms in total. The average molecular weight is 1100 g/mol. The summed E-state index contributed by atoms with van der Waals surface area (Å²) in [5.74, 6) is 1.74. The van der Waals surface area contributed by atoms with Gasteiger partial charge in [0.25, 0.3) is 6.71 Å². The van der Waals surface area contributed by atoms with Crippen molar-refractivity contribution in [2.45, 2.75) is 206 Å². The van der Waals surface area contributed by atoms with Gasteiger partial charge < -0.3 is 19.4 Å². The second kappa shape index (κ2) is 17.2. The van der Waals surface area contributed by atoms with Crippen molar-refractivity contribution in [3.05, 3.63) is 166 Å². The molecule has 0 saturated heterocycles. The molecule has 7 aromatic carbocycles. The van der Waals surface area contributed by atoms with Gasteiger partial charge in [0.2, 0.25) is 0 Å². The molecule has 4 heterocycles. The number of ether oxygens (including phenoxy) is 1. The lowest BCUT2D eigenvalue weighted by Crippen LogP contribution is -2.61. The lowest BCUT2D eigenvalue weighted by Gasteiger charge is -2.48. The molecule has 0 radical (unpaired) electrons. The van der Waals surface area contributed by atoms with Crippen LogP contribution in [0.3, 0.4) is 0 Å². The van der Waals surface area contributed by atoms with Crippen LogP contribution in [0, 0.1) is 0 Å². The van der Waals surface area contributed by atoms with Crippen molar-refractivity contribution < 1.29 is 4.74 Å². The van der Waals surface area contributed by atoms with E-state index in [9.17, 15) is 0 Å². The van der Waals surface area contributed by atoms with Crippen molar-refractivity contribution in [1.82, 2.24) is 0 Å². The molecule has 0 spiro atoms. The van der Waals surface area contributed by atoms with Gasteiger partial charge >= 0.3 is 0 Å². The zero-order valence-electron chi connectivity index (χ0n) is 52.5. The summed E-state index contributed by atoms with van der Waals surface area (Å²) < 4.78 is 9.83. The standard InChI is InChI=1S/C76H86BN3OS/c1-69(2,3)45-23-26-47(27-24-45)80-62-40-49(79-58-21-19-20-22-63(58)81-64-37-46(70(4,5)6)25-30-59(64)79)39-61-66(62)77(68-67(80)50-41-53-56(44-65(50)82-68)76(17,18)36-33-73(53,11)12)57-42-54-55(75(15,16)35-34-74(54,13)14)43-60(57)78(61)48-28-29-51-52(38-48)72(9,10)32-31-71(51,7)8/h19-30,37-44H,31-36H2,1-18H3. The third-order valence-corrected chi connectivity index (χ3v) is 22.5. The van der Waals surface area contributed by atoms with Crippen LogP contribution in [0.4, 0.5) is 51.2 Å². The highest BCUT2D eigenvalue weighted by molar-refractivity contribution is 7.33. The first-order chi connectivity index (χ1) is 38.3. The average Bonchev–Trinajstić information content (AvgIpc) is 1.52. The van der Waals surface area contributed by atoms with E-state index in [1.807, 2.05) is 0 Å². The Morgan fingerprint density at radius 2 is 0.890 bits per heavy atom. The van der Waals surface area contributed by atoms with Crippen molar-refractivity contribution in [1.29, 1.82) is 0 Å². The fourth-order valence-electron chi connectivity index (χ4n) is 15.6. The molecule has 82 heavy (non-hydrogen) atoms. The Kier molecular flexibility index (Phi) is 11.3. The molecule has 3 aliphatic heterocycles. The third kappa shape index (κ3) is 7.94. The van der Waals surface area contributed by atoms with Gasteiger partial charge in [-0.1, -0.05) is 167 Å². The summed E-state index contributed by atoms with van der Waals surface area (Å²) >= 11 is 2.06. The number of hydrogen-bond donors (Lipinski definition) is 0. The van der Waals surface area contributed by atoms with Crippen LogP contribution < -0.4 is 35.1 Å². The van der Waals surface area contributed by atoms with Crippen molar-refractivity contribution in [3.63, 3.8) is 0 Å². The van der Waals surface area contributed by atoms with E-state index in [0.717, 1.165) is 47.8 Å². The van der Waals surface area contributed by atoms with E-state index >= 15 is 0 Å². The smallest absolute Gasteiger partial charge is 0.264 e. The van der Waals surface area contributed by atoms with Crippen molar-refractivity contribution >= 4 is 95.0 Å². The first kappa shape index (κ1) is 53.8. The van der Waals surface area contributed by atoms with Crippen LogP contribution >= 0.6 is 11.3 Å². The van der Waals surface area contributed by atoms with E-state index in [1.165, 1.54) is 124 Å². The number of rotatable bonds is 3. The molecule has 1 aromatic heterocycles. The normalized spacial score (nSPS) is 19.9. The Morgan fingerprint density at radius 1 is 0.402 bits per heavy atom. The Hall–Kier alpha value is -6.24. The van der Waals surface area contributed by atoms with Crippen LogP contribution in [0.2, 0.25) is 0 Å². The zero-order valence-corrected chi connectivity index (χ0v) is 53.3. The van der Waals surface area contributed by atoms with Crippen LogP contribution in [-0.4, -0.2) is 6.71 Å². The first-order valence-corrected chi connectivity index (χ1v) is 31.7. The fraction of sp³-hybridized carbons (Fsp3) is 0.421. The molecule has 8 aromatic rings. The van der Waals surface area contributed by atoms with Crippen LogP contribution in [0.25, 0.3) is 10.1 Å². The molecule has 6 heteroatoms. The maximum absolute atomic E-state index is 7.01. The molecule has 0 fully saturated rings. The summed E-state index contributed by atoms with van der Waals surface area (Å²) in [5.41, 5.74) is 25.2. The van der Waals surface area contributed by atoms with Crippen molar-refractivity contribution in [2.24, 2.45) is 0 Å². The van der Waals surface area contributed by atoms with Gasteiger partial charge in [-0.2, -0.15) is 0 Å². The van der Waals surface area contributed by atoms with Gasteiger partial charge in [0.1, 0.15) is 0 Å². The number of hydrogen-bond acceptors (Lipinski definition) is 5. The van der Waals surface area contributed by atoms with E-state index in [0.29, 0.717) is 0 Å². The second-order valence-corrected chi connectivity index (χ2v) is 32.9. The summed E-state index contributed by atoms with van der Waals surface area (Å²) in [6.07, 6.45) is 6.98.